The fourth-order valence-corrected chi connectivity index (χ4v) is 7.88. The molecule has 0 saturated heterocycles. The van der Waals surface area contributed by atoms with Crippen molar-refractivity contribution in [1.82, 2.24) is 9.97 Å². The molecule has 47 heavy (non-hydrogen) atoms. The van der Waals surface area contributed by atoms with Crippen LogP contribution in [-0.4, -0.2) is 26.1 Å². The Morgan fingerprint density at radius 3 is 2.02 bits per heavy atom. The summed E-state index contributed by atoms with van der Waals surface area (Å²) in [5.41, 5.74) is 6.99. The molecular formula is C41H42IrN2OSi2-2. The molecule has 3 heterocycles. The maximum atomic E-state index is 6.52. The van der Waals surface area contributed by atoms with E-state index in [1.165, 1.54) is 26.7 Å². The van der Waals surface area contributed by atoms with Crippen LogP contribution < -0.4 is 10.4 Å². The van der Waals surface area contributed by atoms with Crippen molar-refractivity contribution in [2.75, 3.05) is 0 Å². The molecule has 241 valence electrons. The van der Waals surface area contributed by atoms with Gasteiger partial charge in [-0.25, -0.2) is 0 Å². The quantitative estimate of drug-likeness (QED) is 0.128. The van der Waals surface area contributed by atoms with E-state index in [4.69, 9.17) is 4.42 Å². The molecule has 7 rings (SSSR count). The molecule has 6 heteroatoms. The van der Waals surface area contributed by atoms with Crippen molar-refractivity contribution >= 4 is 59.2 Å². The second kappa shape index (κ2) is 13.8. The number of hydrogen-bond donors (Lipinski definition) is 0. The molecule has 0 saturated carbocycles. The molecule has 0 amide bonds. The van der Waals surface area contributed by atoms with E-state index in [2.05, 4.69) is 136 Å². The Kier molecular flexibility index (Phi) is 10.2. The van der Waals surface area contributed by atoms with Crippen molar-refractivity contribution in [3.63, 3.8) is 0 Å². The first kappa shape index (κ1) is 34.7. The third-order valence-electron chi connectivity index (χ3n) is 8.60. The van der Waals surface area contributed by atoms with Gasteiger partial charge >= 0.3 is 0 Å². The molecule has 0 unspecified atom stereocenters. The molecular weight excluding hydrogens is 785 g/mol. The Hall–Kier alpha value is -3.68. The third kappa shape index (κ3) is 7.42. The van der Waals surface area contributed by atoms with Gasteiger partial charge in [0.2, 0.25) is 0 Å². The normalized spacial score (nSPS) is 11.9. The number of aromatic nitrogens is 2. The maximum absolute atomic E-state index is 6.52. The summed E-state index contributed by atoms with van der Waals surface area (Å²) in [6.07, 6.45) is 3.90. The van der Waals surface area contributed by atoms with Crippen molar-refractivity contribution in [3.05, 3.63) is 121 Å². The van der Waals surface area contributed by atoms with Crippen LogP contribution in [0.15, 0.2) is 108 Å². The SMILES string of the molecule is CC(C)c1ccnc(-c2[c-]ccc3c2oc2c4ccc([Si](C)(C)C)cc4ccc32)c1.C[Si](C)(C)c1ccc(-c2[c-]cccc2)nc1.[Ir]. The Bertz CT molecular complexity index is 2140. The van der Waals surface area contributed by atoms with E-state index in [1.54, 1.807) is 0 Å². The summed E-state index contributed by atoms with van der Waals surface area (Å²) in [6.45, 7) is 18.5. The first-order valence-electron chi connectivity index (χ1n) is 16.1. The Labute approximate surface area is 294 Å². The van der Waals surface area contributed by atoms with Crippen LogP contribution in [0, 0.1) is 12.1 Å². The minimum absolute atomic E-state index is 0. The molecule has 0 spiro atoms. The maximum Gasteiger partial charge on any atom is 0.128 e. The predicted molar refractivity (Wildman–Crippen MR) is 202 cm³/mol. The van der Waals surface area contributed by atoms with Gasteiger partial charge in [0.1, 0.15) is 5.58 Å². The smallest absolute Gasteiger partial charge is 0.128 e. The summed E-state index contributed by atoms with van der Waals surface area (Å²) >= 11 is 0. The van der Waals surface area contributed by atoms with Gasteiger partial charge in [0.05, 0.1) is 21.7 Å². The molecule has 0 N–H and O–H groups in total. The molecule has 0 aliphatic rings. The topological polar surface area (TPSA) is 38.9 Å². The first-order chi connectivity index (χ1) is 21.9. The van der Waals surface area contributed by atoms with Crippen molar-refractivity contribution in [3.8, 4) is 22.5 Å². The monoisotopic (exact) mass is 827 g/mol. The van der Waals surface area contributed by atoms with Gasteiger partial charge in [-0.05, 0) is 33.9 Å². The zero-order valence-corrected chi connectivity index (χ0v) is 32.9. The van der Waals surface area contributed by atoms with Crippen LogP contribution in [0.3, 0.4) is 0 Å². The van der Waals surface area contributed by atoms with Gasteiger partial charge in [-0.3, -0.25) is 0 Å². The summed E-state index contributed by atoms with van der Waals surface area (Å²) in [5.74, 6) is 0.450. The van der Waals surface area contributed by atoms with E-state index >= 15 is 0 Å². The second-order valence-corrected chi connectivity index (χ2v) is 24.6. The van der Waals surface area contributed by atoms with E-state index in [9.17, 15) is 0 Å². The Balaban J connectivity index is 0.000000217. The molecule has 7 aromatic rings. The Morgan fingerprint density at radius 1 is 0.638 bits per heavy atom. The van der Waals surface area contributed by atoms with Crippen LogP contribution in [0.4, 0.5) is 0 Å². The second-order valence-electron chi connectivity index (χ2n) is 14.4. The van der Waals surface area contributed by atoms with Gasteiger partial charge in [0.15, 0.2) is 0 Å². The number of pyridine rings is 2. The number of nitrogens with zero attached hydrogens (tertiary/aromatic N) is 2. The minimum Gasteiger partial charge on any atom is -0.500 e. The van der Waals surface area contributed by atoms with Crippen LogP contribution >= 0.6 is 0 Å². The summed E-state index contributed by atoms with van der Waals surface area (Å²) < 4.78 is 6.52. The number of furan rings is 1. The van der Waals surface area contributed by atoms with Crippen LogP contribution in [0.25, 0.3) is 55.2 Å². The zero-order chi connectivity index (χ0) is 32.6. The zero-order valence-electron chi connectivity index (χ0n) is 28.5. The number of fused-ring (bicyclic) bond motifs is 5. The average Bonchev–Trinajstić information content (AvgIpc) is 3.44. The molecule has 0 fully saturated rings. The van der Waals surface area contributed by atoms with Crippen LogP contribution in [0.5, 0.6) is 0 Å². The molecule has 0 atom stereocenters. The minimum atomic E-state index is -1.36. The summed E-state index contributed by atoms with van der Waals surface area (Å²) in [5, 5.41) is 7.54. The average molecular weight is 827 g/mol. The van der Waals surface area contributed by atoms with Gasteiger partial charge in [0.25, 0.3) is 0 Å². The summed E-state index contributed by atoms with van der Waals surface area (Å²) in [4.78, 5) is 9.15. The molecule has 0 bridgehead atoms. The van der Waals surface area contributed by atoms with E-state index < -0.39 is 16.1 Å². The van der Waals surface area contributed by atoms with Crippen LogP contribution in [0.2, 0.25) is 39.3 Å². The van der Waals surface area contributed by atoms with Gasteiger partial charge < -0.3 is 14.4 Å². The number of benzene rings is 4. The van der Waals surface area contributed by atoms with Crippen LogP contribution in [0.1, 0.15) is 25.3 Å². The van der Waals surface area contributed by atoms with E-state index in [1.807, 2.05) is 42.7 Å². The number of rotatable bonds is 5. The van der Waals surface area contributed by atoms with Crippen molar-refractivity contribution in [1.29, 1.82) is 0 Å². The molecule has 3 aromatic heterocycles. The van der Waals surface area contributed by atoms with Gasteiger partial charge in [-0.2, -0.15) is 0 Å². The molecule has 0 aliphatic carbocycles. The molecule has 1 radical (unpaired) electrons. The fraction of sp³-hybridized carbons (Fsp3) is 0.220. The summed E-state index contributed by atoms with van der Waals surface area (Å²) in [6, 6.07) is 38.4. The van der Waals surface area contributed by atoms with Crippen molar-refractivity contribution in [2.24, 2.45) is 0 Å². The van der Waals surface area contributed by atoms with Gasteiger partial charge in [-0.1, -0.05) is 123 Å². The number of hydrogen-bond acceptors (Lipinski definition) is 3. The van der Waals surface area contributed by atoms with Gasteiger partial charge in [-0.15, -0.1) is 54.1 Å². The molecule has 0 aliphatic heterocycles. The Morgan fingerprint density at radius 2 is 1.36 bits per heavy atom. The largest absolute Gasteiger partial charge is 0.500 e. The first-order valence-corrected chi connectivity index (χ1v) is 23.1. The predicted octanol–water partition coefficient (Wildman–Crippen LogP) is 10.4. The van der Waals surface area contributed by atoms with E-state index in [0.717, 1.165) is 44.5 Å². The summed E-state index contributed by atoms with van der Waals surface area (Å²) in [7, 11) is -2.59. The van der Waals surface area contributed by atoms with E-state index in [0.29, 0.717) is 5.92 Å². The molecule has 4 aromatic carbocycles. The van der Waals surface area contributed by atoms with E-state index in [-0.39, 0.29) is 20.1 Å². The third-order valence-corrected chi connectivity index (χ3v) is 12.7. The molecule has 3 nitrogen and oxygen atoms in total. The van der Waals surface area contributed by atoms with Crippen molar-refractivity contribution in [2.45, 2.75) is 59.0 Å². The van der Waals surface area contributed by atoms with Crippen LogP contribution in [-0.2, 0) is 20.1 Å². The van der Waals surface area contributed by atoms with Crippen molar-refractivity contribution < 1.29 is 24.5 Å². The fourth-order valence-electron chi connectivity index (χ4n) is 5.68. The van der Waals surface area contributed by atoms with Gasteiger partial charge in [0, 0.05) is 43.3 Å². The standard InChI is InChI=1S/C27H26NOSi.C14H16NSi.Ir/c1-17(2)18-13-14-28-25(16-18)24-8-6-7-22-23-11-9-19-15-20(30(3,4)5)10-12-21(19)26(23)29-27(22)24;1-16(2,3)13-9-10-14(15-11-13)12-7-5-4-6-8-12;/h6-7,9-17H,1-5H3;4-7,9-11H,1-3H3;/q2*-1;.